The van der Waals surface area contributed by atoms with Gasteiger partial charge in [0.15, 0.2) is 5.69 Å². The average molecular weight is 857 g/mol. The van der Waals surface area contributed by atoms with Gasteiger partial charge in [0, 0.05) is 34.0 Å². The monoisotopic (exact) mass is 855 g/mol. The minimum absolute atomic E-state index is 0. The first-order valence-corrected chi connectivity index (χ1v) is 19.0. The highest BCUT2D eigenvalue weighted by Gasteiger charge is 2.53. The summed E-state index contributed by atoms with van der Waals surface area (Å²) in [6.07, 6.45) is 0. The van der Waals surface area contributed by atoms with Gasteiger partial charge in [0.2, 0.25) is 11.8 Å². The van der Waals surface area contributed by atoms with Crippen LogP contribution in [0.15, 0.2) is 59.1 Å². The lowest BCUT2D eigenvalue weighted by Crippen LogP contribution is -2.41. The van der Waals surface area contributed by atoms with E-state index in [2.05, 4.69) is 31.2 Å². The maximum absolute atomic E-state index is 11.1. The maximum Gasteiger partial charge on any atom is 0.502 e. The molecule has 0 bridgehead atoms. The Hall–Kier alpha value is -4.80. The van der Waals surface area contributed by atoms with Crippen LogP contribution >= 0.6 is 15.9 Å². The van der Waals surface area contributed by atoms with Crippen LogP contribution in [0.1, 0.15) is 82.2 Å². The molecule has 0 saturated carbocycles. The van der Waals surface area contributed by atoms with Gasteiger partial charge in [-0.3, -0.25) is 14.0 Å². The van der Waals surface area contributed by atoms with Crippen LogP contribution in [0.3, 0.4) is 0 Å². The van der Waals surface area contributed by atoms with Crippen molar-refractivity contribution in [2.75, 3.05) is 20.8 Å². The second kappa shape index (κ2) is 20.1. The third-order valence-corrected chi connectivity index (χ3v) is 10.6. The summed E-state index contributed by atoms with van der Waals surface area (Å²) < 4.78 is 45.3. The molecule has 0 radical (unpaired) electrons. The van der Waals surface area contributed by atoms with Crippen molar-refractivity contribution >= 4 is 34.5 Å². The zero-order chi connectivity index (χ0) is 41.4. The number of hydrogen-bond donors (Lipinski definition) is 0. The average Bonchev–Trinajstić information content (AvgIpc) is 3.82. The van der Waals surface area contributed by atoms with Gasteiger partial charge < -0.3 is 33.0 Å². The fourth-order valence-corrected chi connectivity index (χ4v) is 5.64. The predicted octanol–water partition coefficient (Wildman–Crippen LogP) is 7.48. The van der Waals surface area contributed by atoms with E-state index in [0.29, 0.717) is 37.3 Å². The van der Waals surface area contributed by atoms with Crippen molar-refractivity contribution < 1.29 is 39.2 Å². The molecule has 0 amide bonds. The normalized spacial score (nSPS) is 13.7. The Balaban J connectivity index is 0.000000317. The van der Waals surface area contributed by atoms with Crippen LogP contribution in [0.25, 0.3) is 0 Å². The summed E-state index contributed by atoms with van der Waals surface area (Å²) >= 11 is 3.47. The molecule has 0 spiro atoms. The summed E-state index contributed by atoms with van der Waals surface area (Å²) in [5.41, 5.74) is 5.46. The van der Waals surface area contributed by atoms with Crippen LogP contribution < -0.4 is 24.4 Å². The van der Waals surface area contributed by atoms with Gasteiger partial charge in [-0.25, -0.2) is 4.79 Å². The number of rotatable bonds is 11. The lowest BCUT2D eigenvalue weighted by atomic mass is 9.79. The highest BCUT2D eigenvalue weighted by Crippen LogP contribution is 2.37. The van der Waals surface area contributed by atoms with Crippen LogP contribution in [-0.4, -0.2) is 74.5 Å². The Morgan fingerprint density at radius 2 is 1.21 bits per heavy atom. The molecule has 14 nitrogen and oxygen atoms in total. The van der Waals surface area contributed by atoms with Crippen LogP contribution in [-0.2, 0) is 48.4 Å². The predicted molar refractivity (Wildman–Crippen MR) is 227 cm³/mol. The molecule has 0 unspecified atom stereocenters. The van der Waals surface area contributed by atoms with Crippen LogP contribution in [0, 0.1) is 20.8 Å². The molecular weight excluding hydrogens is 795 g/mol. The summed E-state index contributed by atoms with van der Waals surface area (Å²) in [6.45, 7) is 17.1. The molecule has 1 saturated heterocycles. The molecule has 0 aliphatic carbocycles. The number of benzene rings is 2. The molecule has 5 aromatic rings. The smallest absolute Gasteiger partial charge is 0.497 e. The van der Waals surface area contributed by atoms with Crippen molar-refractivity contribution in [2.45, 2.75) is 87.2 Å². The number of aromatic nitrogens is 6. The number of carbonyl (C=O) groups is 1. The molecule has 3 aromatic heterocycles. The van der Waals surface area contributed by atoms with Gasteiger partial charge in [-0.2, -0.15) is 5.10 Å². The number of carbonyl (C=O) groups excluding carboxylic acids is 1. The van der Waals surface area contributed by atoms with E-state index in [0.717, 1.165) is 49.6 Å². The van der Waals surface area contributed by atoms with Crippen molar-refractivity contribution in [2.24, 2.45) is 21.1 Å². The van der Waals surface area contributed by atoms with E-state index in [9.17, 15) is 4.79 Å². The third kappa shape index (κ3) is 11.6. The number of halogens is 1. The van der Waals surface area contributed by atoms with Gasteiger partial charge >= 0.3 is 13.1 Å². The minimum atomic E-state index is -0.500. The quantitative estimate of drug-likeness (QED) is 0.0967. The molecule has 1 aliphatic heterocycles. The van der Waals surface area contributed by atoms with Gasteiger partial charge in [0.25, 0.3) is 0 Å². The molecule has 16 heteroatoms. The van der Waals surface area contributed by atoms with E-state index < -0.39 is 18.3 Å². The summed E-state index contributed by atoms with van der Waals surface area (Å²) in [5.74, 6) is 2.46. The Kier molecular flexibility index (Phi) is 16.4. The lowest BCUT2D eigenvalue weighted by molar-refractivity contribution is 0.00578. The minimum Gasteiger partial charge on any atom is -0.497 e. The van der Waals surface area contributed by atoms with Crippen molar-refractivity contribution in [3.05, 3.63) is 93.0 Å². The first-order valence-electron chi connectivity index (χ1n) is 18.2. The van der Waals surface area contributed by atoms with E-state index in [1.54, 1.807) is 48.3 Å². The van der Waals surface area contributed by atoms with E-state index in [-0.39, 0.29) is 14.8 Å². The van der Waals surface area contributed by atoms with Crippen LogP contribution in [0.4, 0.5) is 0 Å². The maximum atomic E-state index is 11.1. The SMILES string of the molecule is C.CCOC(=O)c1cc(C)n(C)n1.COc1ccc(COc2nn(C)c(C)c2B2OC(C)(C)C(C)(C)O2)cc1.COc1ccc(COc2nn(C)c(C)c2Br)cc1.[2HH]. The molecule has 0 atom stereocenters. The van der Waals surface area contributed by atoms with E-state index in [1.165, 1.54) is 0 Å². The number of hydrogen-bond acceptors (Lipinski definition) is 11. The highest BCUT2D eigenvalue weighted by atomic mass is 79.9. The third-order valence-electron chi connectivity index (χ3n) is 9.73. The van der Waals surface area contributed by atoms with E-state index >= 15 is 0 Å². The topological polar surface area (TPSA) is 135 Å². The Morgan fingerprint density at radius 3 is 1.61 bits per heavy atom. The summed E-state index contributed by atoms with van der Waals surface area (Å²) in [6, 6.07) is 17.3. The molecule has 312 valence electrons. The zero-order valence-electron chi connectivity index (χ0n) is 34.7. The van der Waals surface area contributed by atoms with Gasteiger partial charge in [-0.1, -0.05) is 31.7 Å². The second-order valence-corrected chi connectivity index (χ2v) is 14.9. The van der Waals surface area contributed by atoms with Crippen molar-refractivity contribution in [1.29, 1.82) is 0 Å². The molecule has 2 aromatic carbocycles. The van der Waals surface area contributed by atoms with Crippen molar-refractivity contribution in [3.8, 4) is 23.3 Å². The van der Waals surface area contributed by atoms with Gasteiger partial charge in [-0.15, -0.1) is 10.2 Å². The summed E-state index contributed by atoms with van der Waals surface area (Å²) in [4.78, 5) is 11.1. The number of aryl methyl sites for hydroxylation is 4. The Labute approximate surface area is 347 Å². The van der Waals surface area contributed by atoms with E-state index in [4.69, 9.17) is 33.0 Å². The molecule has 1 aliphatic rings. The first-order chi connectivity index (χ1) is 26.4. The lowest BCUT2D eigenvalue weighted by Gasteiger charge is -2.32. The molecule has 57 heavy (non-hydrogen) atoms. The summed E-state index contributed by atoms with van der Waals surface area (Å²) in [7, 11) is 8.38. The molecular formula is C41H60BBrN6O8. The van der Waals surface area contributed by atoms with Crippen LogP contribution in [0.5, 0.6) is 23.3 Å². The standard InChI is InChI=1S/C19H27BN2O4.C13H15BrN2O2.C8H12N2O2.CH4.H2/c1-13-16(20-25-18(2,3)19(4,5)26-20)17(21-22(13)6)24-12-14-8-10-15(23-7)11-9-14;1-9-12(14)13(15-16(9)2)18-8-10-4-6-11(17-3)7-5-10;1-4-12-8(11)7-5-6(2)10(3)9-7;;/h8-11H,12H2,1-7H3;4-7H,8H2,1-3H3;5H,4H2,1-3H3;1H4;1H/i;;;;1+1. The molecule has 0 N–H and O–H groups in total. The second-order valence-electron chi connectivity index (χ2n) is 14.1. The van der Waals surface area contributed by atoms with Gasteiger partial charge in [-0.05, 0) is 113 Å². The number of nitrogens with zero attached hydrogens (tertiary/aromatic N) is 6. The van der Waals surface area contributed by atoms with E-state index in [1.807, 2.05) is 111 Å². The van der Waals surface area contributed by atoms with Crippen LogP contribution in [0.2, 0.25) is 0 Å². The molecule has 4 heterocycles. The fourth-order valence-electron chi connectivity index (χ4n) is 5.19. The zero-order valence-corrected chi connectivity index (χ0v) is 36.3. The largest absolute Gasteiger partial charge is 0.502 e. The first kappa shape index (κ1) is 46.6. The fraction of sp³-hybridized carbons (Fsp3) is 0.463. The van der Waals surface area contributed by atoms with Gasteiger partial charge in [0.1, 0.15) is 29.2 Å². The van der Waals surface area contributed by atoms with Gasteiger partial charge in [0.05, 0.1) is 43.2 Å². The molecule has 6 rings (SSSR count). The highest BCUT2D eigenvalue weighted by molar-refractivity contribution is 9.10. The Bertz CT molecular complexity index is 2030. The van der Waals surface area contributed by atoms with Crippen molar-refractivity contribution in [1.82, 2.24) is 29.3 Å². The Morgan fingerprint density at radius 1 is 0.754 bits per heavy atom. The molecule has 1 fully saturated rings. The van der Waals surface area contributed by atoms with Crippen molar-refractivity contribution in [3.63, 3.8) is 0 Å². The number of esters is 1. The number of methoxy groups -OCH3 is 2. The number of ether oxygens (including phenoxy) is 5. The summed E-state index contributed by atoms with van der Waals surface area (Å²) in [5, 5.41) is 12.8.